The Kier molecular flexibility index (Phi) is 6.42. The second-order valence-electron chi connectivity index (χ2n) is 6.10. The van der Waals surface area contributed by atoms with Crippen molar-refractivity contribution in [3.63, 3.8) is 0 Å². The highest BCUT2D eigenvalue weighted by Gasteiger charge is 2.22. The van der Waals surface area contributed by atoms with Crippen LogP contribution in [0.5, 0.6) is 5.75 Å². The van der Waals surface area contributed by atoms with Crippen molar-refractivity contribution in [3.05, 3.63) is 28.9 Å². The van der Waals surface area contributed by atoms with Gasteiger partial charge in [0.2, 0.25) is 17.7 Å². The van der Waals surface area contributed by atoms with Gasteiger partial charge in [0, 0.05) is 17.4 Å². The van der Waals surface area contributed by atoms with Crippen LogP contribution in [-0.2, 0) is 14.9 Å². The number of hydrogen-bond acceptors (Lipinski definition) is 8. The van der Waals surface area contributed by atoms with Crippen LogP contribution >= 0.6 is 11.6 Å². The summed E-state index contributed by atoms with van der Waals surface area (Å²) in [6.45, 7) is 3.77. The zero-order valence-electron chi connectivity index (χ0n) is 14.5. The molecular weight excluding hydrogens is 400 g/mol. The lowest BCUT2D eigenvalue weighted by Gasteiger charge is -2.11. The molecule has 148 valence electrons. The lowest BCUT2D eigenvalue weighted by molar-refractivity contribution is -0.116. The molecular formula is C15H19ClN4O6S. The highest BCUT2D eigenvalue weighted by atomic mass is 35.5. The molecule has 0 bridgehead atoms. The van der Waals surface area contributed by atoms with Crippen molar-refractivity contribution in [2.45, 2.75) is 43.5 Å². The van der Waals surface area contributed by atoms with E-state index in [0.29, 0.717) is 5.89 Å². The monoisotopic (exact) mass is 418 g/mol. The summed E-state index contributed by atoms with van der Waals surface area (Å²) in [5.41, 5.74) is 5.67. The standard InChI is InChI=1S/C15H19ClN4O6S/c1-7(2)14-19-20-15(26-14)9(17)3-4-12(21)18-10-5-8(16)6-11(13(10)22)27(23,24)25/h5-7,9,22H,3-4,17H2,1-2H3,(H,18,21)(H,23,24,25). The Morgan fingerprint density at radius 1 is 1.33 bits per heavy atom. The number of nitrogens with one attached hydrogen (secondary N) is 1. The van der Waals surface area contributed by atoms with Gasteiger partial charge in [-0.2, -0.15) is 8.42 Å². The zero-order valence-corrected chi connectivity index (χ0v) is 16.1. The lowest BCUT2D eigenvalue weighted by Crippen LogP contribution is -2.17. The summed E-state index contributed by atoms with van der Waals surface area (Å²) in [6.07, 6.45) is 0.0891. The first-order valence-electron chi connectivity index (χ1n) is 7.87. The number of aromatic hydroxyl groups is 1. The Labute approximate surface area is 160 Å². The molecule has 1 atom stereocenters. The number of phenols is 1. The molecule has 0 aliphatic rings. The molecule has 12 heteroatoms. The quantitative estimate of drug-likeness (QED) is 0.388. The number of anilines is 1. The van der Waals surface area contributed by atoms with E-state index < -0.39 is 32.7 Å². The SMILES string of the molecule is CC(C)c1nnc(C(N)CCC(=O)Nc2cc(Cl)cc(S(=O)(=O)O)c2O)o1. The fraction of sp³-hybridized carbons (Fsp3) is 0.400. The molecule has 1 unspecified atom stereocenters. The lowest BCUT2D eigenvalue weighted by atomic mass is 10.1. The Morgan fingerprint density at radius 3 is 2.52 bits per heavy atom. The third-order valence-corrected chi connectivity index (χ3v) is 4.63. The Bertz CT molecular complexity index is 944. The highest BCUT2D eigenvalue weighted by molar-refractivity contribution is 7.86. The minimum Gasteiger partial charge on any atom is -0.504 e. The molecule has 2 aromatic rings. The van der Waals surface area contributed by atoms with Crippen LogP contribution in [0, 0.1) is 0 Å². The first kappa shape index (κ1) is 21.1. The van der Waals surface area contributed by atoms with Gasteiger partial charge in [0.25, 0.3) is 10.1 Å². The van der Waals surface area contributed by atoms with Gasteiger partial charge in [0.1, 0.15) is 4.90 Å². The zero-order chi connectivity index (χ0) is 20.4. The summed E-state index contributed by atoms with van der Waals surface area (Å²) in [5.74, 6) is -0.701. The third-order valence-electron chi connectivity index (χ3n) is 3.54. The van der Waals surface area contributed by atoms with Crippen LogP contribution in [0.1, 0.15) is 50.4 Å². The summed E-state index contributed by atoms with van der Waals surface area (Å²) in [4.78, 5) is 11.3. The van der Waals surface area contributed by atoms with E-state index in [-0.39, 0.29) is 35.4 Å². The molecule has 1 aromatic carbocycles. The van der Waals surface area contributed by atoms with Crippen LogP contribution in [0.15, 0.2) is 21.4 Å². The Morgan fingerprint density at radius 2 is 1.96 bits per heavy atom. The van der Waals surface area contributed by atoms with Crippen LogP contribution in [0.3, 0.4) is 0 Å². The van der Waals surface area contributed by atoms with Crippen molar-refractivity contribution in [1.82, 2.24) is 10.2 Å². The van der Waals surface area contributed by atoms with Crippen LogP contribution in [0.4, 0.5) is 5.69 Å². The fourth-order valence-corrected chi connectivity index (χ4v) is 3.03. The molecule has 5 N–H and O–H groups in total. The average Bonchev–Trinajstić information content (AvgIpc) is 3.05. The Balaban J connectivity index is 2.04. The molecule has 1 aromatic heterocycles. The third kappa shape index (κ3) is 5.39. The van der Waals surface area contributed by atoms with E-state index in [2.05, 4.69) is 15.5 Å². The number of phenolic OH excluding ortho intramolecular Hbond substituents is 1. The maximum absolute atomic E-state index is 12.1. The number of nitrogens with zero attached hydrogens (tertiary/aromatic N) is 2. The largest absolute Gasteiger partial charge is 0.504 e. The molecule has 1 heterocycles. The van der Waals surface area contributed by atoms with E-state index in [1.54, 1.807) is 0 Å². The topological polar surface area (TPSA) is 169 Å². The van der Waals surface area contributed by atoms with E-state index >= 15 is 0 Å². The van der Waals surface area contributed by atoms with Crippen molar-refractivity contribution in [3.8, 4) is 5.75 Å². The second-order valence-corrected chi connectivity index (χ2v) is 7.93. The van der Waals surface area contributed by atoms with E-state index in [1.165, 1.54) is 0 Å². The molecule has 0 fully saturated rings. The van der Waals surface area contributed by atoms with Gasteiger partial charge in [0.05, 0.1) is 11.7 Å². The molecule has 27 heavy (non-hydrogen) atoms. The van der Waals surface area contributed by atoms with Gasteiger partial charge in [-0.15, -0.1) is 10.2 Å². The van der Waals surface area contributed by atoms with Gasteiger partial charge in [0.15, 0.2) is 5.75 Å². The maximum atomic E-state index is 12.1. The van der Waals surface area contributed by atoms with Gasteiger partial charge in [-0.25, -0.2) is 0 Å². The first-order chi connectivity index (χ1) is 12.5. The molecule has 2 rings (SSSR count). The van der Waals surface area contributed by atoms with Crippen molar-refractivity contribution in [2.24, 2.45) is 5.73 Å². The summed E-state index contributed by atoms with van der Waals surface area (Å²) in [5, 5.41) is 19.9. The predicted molar refractivity (Wildman–Crippen MR) is 96.1 cm³/mol. The molecule has 1 amide bonds. The van der Waals surface area contributed by atoms with Crippen LogP contribution in [0.25, 0.3) is 0 Å². The molecule has 0 saturated carbocycles. The van der Waals surface area contributed by atoms with E-state index in [9.17, 15) is 18.3 Å². The van der Waals surface area contributed by atoms with Crippen molar-refractivity contribution >= 4 is 33.3 Å². The van der Waals surface area contributed by atoms with Crippen molar-refractivity contribution < 1.29 is 27.3 Å². The Hall–Kier alpha value is -2.21. The van der Waals surface area contributed by atoms with Crippen molar-refractivity contribution in [2.75, 3.05) is 5.32 Å². The van der Waals surface area contributed by atoms with Crippen molar-refractivity contribution in [1.29, 1.82) is 0 Å². The van der Waals surface area contributed by atoms with Crippen LogP contribution in [-0.4, -0.2) is 34.2 Å². The van der Waals surface area contributed by atoms with E-state index in [1.807, 2.05) is 13.8 Å². The van der Waals surface area contributed by atoms with Gasteiger partial charge >= 0.3 is 0 Å². The van der Waals surface area contributed by atoms with Gasteiger partial charge in [-0.1, -0.05) is 25.4 Å². The molecule has 0 aliphatic heterocycles. The average molecular weight is 419 g/mol. The number of halogens is 1. The minimum absolute atomic E-state index is 0.0459. The number of hydrogen-bond donors (Lipinski definition) is 4. The van der Waals surface area contributed by atoms with Crippen LogP contribution < -0.4 is 11.1 Å². The number of aromatic nitrogens is 2. The number of benzene rings is 1. The number of nitrogens with two attached hydrogens (primary N) is 1. The van der Waals surface area contributed by atoms with E-state index in [0.717, 1.165) is 12.1 Å². The molecule has 0 saturated heterocycles. The summed E-state index contributed by atoms with van der Waals surface area (Å²) >= 11 is 5.76. The molecule has 0 spiro atoms. The molecule has 10 nitrogen and oxygen atoms in total. The summed E-state index contributed by atoms with van der Waals surface area (Å²) < 4.78 is 37.0. The summed E-state index contributed by atoms with van der Waals surface area (Å²) in [7, 11) is -4.71. The first-order valence-corrected chi connectivity index (χ1v) is 9.69. The highest BCUT2D eigenvalue weighted by Crippen LogP contribution is 2.34. The molecule has 0 aliphatic carbocycles. The van der Waals surface area contributed by atoms with Gasteiger partial charge in [-0.05, 0) is 18.6 Å². The number of carbonyl (C=O) groups is 1. The number of carbonyl (C=O) groups excluding carboxylic acids is 1. The smallest absolute Gasteiger partial charge is 0.298 e. The van der Waals surface area contributed by atoms with Crippen LogP contribution in [0.2, 0.25) is 5.02 Å². The maximum Gasteiger partial charge on any atom is 0.298 e. The fourth-order valence-electron chi connectivity index (χ4n) is 2.12. The predicted octanol–water partition coefficient (Wildman–Crippen LogP) is 2.22. The van der Waals surface area contributed by atoms with Gasteiger partial charge in [-0.3, -0.25) is 9.35 Å². The summed E-state index contributed by atoms with van der Waals surface area (Å²) in [6, 6.07) is 1.34. The normalized spacial score (nSPS) is 13.0. The number of amides is 1. The van der Waals surface area contributed by atoms with E-state index in [4.69, 9.17) is 26.3 Å². The molecule has 0 radical (unpaired) electrons. The second kappa shape index (κ2) is 8.21. The minimum atomic E-state index is -4.71. The van der Waals surface area contributed by atoms with Gasteiger partial charge < -0.3 is 20.6 Å². The number of rotatable bonds is 7.